The molecule has 1 aromatic heterocycles. The largest absolute Gasteiger partial charge is 0.381 e. The van der Waals surface area contributed by atoms with Gasteiger partial charge in [0.2, 0.25) is 0 Å². The molecular weight excluding hydrogens is 378 g/mol. The monoisotopic (exact) mass is 393 g/mol. The second-order valence-electron chi connectivity index (χ2n) is 5.21. The number of benzene rings is 1. The molecule has 2 aromatic rings. The number of H-pyrrole nitrogens is 1. The van der Waals surface area contributed by atoms with Crippen molar-refractivity contribution >= 4 is 32.4 Å². The van der Waals surface area contributed by atoms with Gasteiger partial charge in [-0.1, -0.05) is 28.6 Å². The van der Waals surface area contributed by atoms with Crippen molar-refractivity contribution in [2.24, 2.45) is 0 Å². The number of allylic oxidation sites excluding steroid dienone is 6. The number of halogens is 1. The Balaban J connectivity index is 2.36. The van der Waals surface area contributed by atoms with Crippen LogP contribution in [0.3, 0.4) is 0 Å². The molecular formula is C20H16BrN3O. The lowest BCUT2D eigenvalue weighted by molar-refractivity contribution is 0.234. The van der Waals surface area contributed by atoms with Crippen molar-refractivity contribution in [2.75, 3.05) is 13.7 Å². The van der Waals surface area contributed by atoms with E-state index in [0.717, 1.165) is 20.9 Å². The zero-order valence-corrected chi connectivity index (χ0v) is 15.3. The lowest BCUT2D eigenvalue weighted by atomic mass is 10.0. The first-order valence-corrected chi connectivity index (χ1v) is 8.23. The smallest absolute Gasteiger partial charge is 0.0998 e. The highest BCUT2D eigenvalue weighted by Crippen LogP contribution is 2.28. The van der Waals surface area contributed by atoms with Gasteiger partial charge in [-0.05, 0) is 42.0 Å². The summed E-state index contributed by atoms with van der Waals surface area (Å²) < 4.78 is 5.85. The number of hydrogen-bond acceptors (Lipinski definition) is 3. The minimum Gasteiger partial charge on any atom is -0.381 e. The number of methoxy groups -OCH3 is 1. The lowest BCUT2D eigenvalue weighted by Crippen LogP contribution is -1.84. The molecule has 0 amide bonds. The quantitative estimate of drug-likeness (QED) is 0.551. The summed E-state index contributed by atoms with van der Waals surface area (Å²) in [6.07, 6.45) is 8.51. The molecule has 0 radical (unpaired) electrons. The van der Waals surface area contributed by atoms with Gasteiger partial charge in [0.05, 0.1) is 29.9 Å². The van der Waals surface area contributed by atoms with E-state index >= 15 is 0 Å². The van der Waals surface area contributed by atoms with Gasteiger partial charge in [-0.15, -0.1) is 0 Å². The minimum absolute atomic E-state index is 0.426. The van der Waals surface area contributed by atoms with Crippen molar-refractivity contribution in [1.82, 2.24) is 4.98 Å². The number of nitrogens with zero attached hydrogens (tertiary/aromatic N) is 2. The fourth-order valence-corrected chi connectivity index (χ4v) is 2.66. The van der Waals surface area contributed by atoms with Gasteiger partial charge in [-0.3, -0.25) is 0 Å². The molecule has 1 N–H and O–H groups in total. The molecule has 25 heavy (non-hydrogen) atoms. The van der Waals surface area contributed by atoms with Gasteiger partial charge in [-0.25, -0.2) is 0 Å². The van der Waals surface area contributed by atoms with Crippen molar-refractivity contribution in [3.05, 3.63) is 76.5 Å². The summed E-state index contributed by atoms with van der Waals surface area (Å²) in [6, 6.07) is 10.1. The summed E-state index contributed by atoms with van der Waals surface area (Å²) in [6.45, 7) is 4.35. The van der Waals surface area contributed by atoms with Crippen LogP contribution in [0.1, 0.15) is 5.56 Å². The Labute approximate surface area is 155 Å². The Morgan fingerprint density at radius 3 is 2.80 bits per heavy atom. The maximum absolute atomic E-state index is 9.54. The van der Waals surface area contributed by atoms with E-state index in [2.05, 4.69) is 39.6 Å². The van der Waals surface area contributed by atoms with Crippen LogP contribution in [0, 0.1) is 22.7 Å². The molecule has 0 aliphatic heterocycles. The van der Waals surface area contributed by atoms with Crippen molar-refractivity contribution in [1.29, 1.82) is 10.5 Å². The number of aromatic nitrogens is 1. The topological polar surface area (TPSA) is 72.6 Å². The molecule has 2 rings (SSSR count). The van der Waals surface area contributed by atoms with Crippen LogP contribution in [-0.2, 0) is 4.74 Å². The van der Waals surface area contributed by atoms with Gasteiger partial charge < -0.3 is 9.72 Å². The van der Waals surface area contributed by atoms with E-state index in [0.29, 0.717) is 23.3 Å². The predicted octanol–water partition coefficient (Wildman–Crippen LogP) is 5.05. The molecule has 0 unspecified atom stereocenters. The molecule has 5 heteroatoms. The Morgan fingerprint density at radius 2 is 2.12 bits per heavy atom. The zero-order valence-electron chi connectivity index (χ0n) is 13.7. The van der Waals surface area contributed by atoms with E-state index in [1.54, 1.807) is 37.6 Å². The summed E-state index contributed by atoms with van der Waals surface area (Å²) in [5.41, 5.74) is 3.23. The molecule has 0 aliphatic rings. The number of nitriles is 2. The number of fused-ring (bicyclic) bond motifs is 1. The van der Waals surface area contributed by atoms with E-state index in [1.807, 2.05) is 18.2 Å². The van der Waals surface area contributed by atoms with Crippen LogP contribution in [0.25, 0.3) is 16.5 Å². The van der Waals surface area contributed by atoms with E-state index in [4.69, 9.17) is 4.74 Å². The van der Waals surface area contributed by atoms with Crippen molar-refractivity contribution < 1.29 is 4.74 Å². The first-order valence-electron chi connectivity index (χ1n) is 7.44. The number of aromatic amines is 1. The molecule has 0 saturated carbocycles. The number of ether oxygens (including phenoxy) is 1. The SMILES string of the molecule is C=C(/C=C(\C#N)c1c[nH]c2ccc(Br)cc12)/C=C(C#N)\C=C/COC. The number of nitrogens with one attached hydrogen (secondary N) is 1. The molecule has 0 saturated heterocycles. The zero-order chi connectivity index (χ0) is 18.2. The number of hydrogen-bond donors (Lipinski definition) is 1. The van der Waals surface area contributed by atoms with Crippen LogP contribution < -0.4 is 0 Å². The van der Waals surface area contributed by atoms with E-state index in [1.165, 1.54) is 0 Å². The third-order valence-corrected chi connectivity index (χ3v) is 3.91. The highest BCUT2D eigenvalue weighted by molar-refractivity contribution is 9.10. The predicted molar refractivity (Wildman–Crippen MR) is 103 cm³/mol. The molecule has 0 atom stereocenters. The summed E-state index contributed by atoms with van der Waals surface area (Å²) >= 11 is 3.45. The highest BCUT2D eigenvalue weighted by atomic mass is 79.9. The maximum atomic E-state index is 9.54. The normalized spacial score (nSPS) is 12.3. The highest BCUT2D eigenvalue weighted by Gasteiger charge is 2.09. The number of rotatable bonds is 6. The Bertz CT molecular complexity index is 965. The van der Waals surface area contributed by atoms with Crippen LogP contribution >= 0.6 is 15.9 Å². The molecule has 0 spiro atoms. The minimum atomic E-state index is 0.426. The fourth-order valence-electron chi connectivity index (χ4n) is 2.30. The van der Waals surface area contributed by atoms with Crippen molar-refractivity contribution in [3.8, 4) is 12.1 Å². The van der Waals surface area contributed by atoms with Crippen molar-refractivity contribution in [3.63, 3.8) is 0 Å². The van der Waals surface area contributed by atoms with E-state index in [9.17, 15) is 10.5 Å². The molecule has 1 heterocycles. The van der Waals surface area contributed by atoms with Crippen LogP contribution in [-0.4, -0.2) is 18.7 Å². The summed E-state index contributed by atoms with van der Waals surface area (Å²) in [5.74, 6) is 0. The molecule has 124 valence electrons. The van der Waals surface area contributed by atoms with E-state index < -0.39 is 0 Å². The Morgan fingerprint density at radius 1 is 1.32 bits per heavy atom. The first kappa shape index (κ1) is 18.5. The van der Waals surface area contributed by atoms with Crippen LogP contribution in [0.4, 0.5) is 0 Å². The second kappa shape index (κ2) is 8.84. The standard InChI is InChI=1S/C20H16BrN3O/c1-14(8-15(11-22)4-3-7-25-2)9-16(12-23)19-13-24-20-6-5-17(21)10-18(19)20/h3-6,8-10,13,24H,1,7H2,2H3/b4-3-,15-8+,16-9+. The average Bonchev–Trinajstić information content (AvgIpc) is 3.01. The summed E-state index contributed by atoms with van der Waals surface area (Å²) in [7, 11) is 1.58. The van der Waals surface area contributed by atoms with E-state index in [-0.39, 0.29) is 0 Å². The van der Waals surface area contributed by atoms with Crippen LogP contribution in [0.2, 0.25) is 0 Å². The molecule has 0 bridgehead atoms. The Hall–Kier alpha value is -2.86. The average molecular weight is 394 g/mol. The summed E-state index contributed by atoms with van der Waals surface area (Å²) in [4.78, 5) is 3.15. The van der Waals surface area contributed by atoms with Crippen LogP contribution in [0.15, 0.2) is 70.9 Å². The summed E-state index contributed by atoms with van der Waals surface area (Å²) in [5, 5.41) is 19.7. The van der Waals surface area contributed by atoms with Gasteiger partial charge in [0.1, 0.15) is 0 Å². The fraction of sp³-hybridized carbons (Fsp3) is 0.100. The first-order chi connectivity index (χ1) is 12.1. The third-order valence-electron chi connectivity index (χ3n) is 3.41. The molecule has 0 aliphatic carbocycles. The molecule has 1 aromatic carbocycles. The molecule has 0 fully saturated rings. The van der Waals surface area contributed by atoms with Gasteiger partial charge in [0.25, 0.3) is 0 Å². The maximum Gasteiger partial charge on any atom is 0.0998 e. The van der Waals surface area contributed by atoms with Gasteiger partial charge in [0, 0.05) is 34.2 Å². The molecule has 4 nitrogen and oxygen atoms in total. The van der Waals surface area contributed by atoms with Gasteiger partial charge in [0.15, 0.2) is 0 Å². The van der Waals surface area contributed by atoms with Gasteiger partial charge in [-0.2, -0.15) is 10.5 Å². The van der Waals surface area contributed by atoms with Crippen LogP contribution in [0.5, 0.6) is 0 Å². The Kier molecular flexibility index (Phi) is 6.54. The lowest BCUT2D eigenvalue weighted by Gasteiger charge is -1.99. The second-order valence-corrected chi connectivity index (χ2v) is 6.12. The third kappa shape index (κ3) is 4.81. The van der Waals surface area contributed by atoms with Crippen molar-refractivity contribution in [2.45, 2.75) is 0 Å². The van der Waals surface area contributed by atoms with Gasteiger partial charge >= 0.3 is 0 Å².